The Hall–Kier alpha value is -1.94. The molecular formula is C62H120O17P2. The van der Waals surface area contributed by atoms with Crippen LogP contribution < -0.4 is 0 Å². The number of carbonyl (C=O) groups excluding carboxylic acids is 4. The Kier molecular flexibility index (Phi) is 53.4. The molecule has 0 aliphatic rings. The van der Waals surface area contributed by atoms with Crippen molar-refractivity contribution in [2.75, 3.05) is 39.6 Å². The molecule has 0 saturated heterocycles. The Labute approximate surface area is 492 Å². The van der Waals surface area contributed by atoms with Crippen molar-refractivity contribution < 1.29 is 80.2 Å². The summed E-state index contributed by atoms with van der Waals surface area (Å²) >= 11 is 0. The molecule has 17 nitrogen and oxygen atoms in total. The van der Waals surface area contributed by atoms with Gasteiger partial charge in [-0.3, -0.25) is 37.3 Å². The van der Waals surface area contributed by atoms with E-state index in [0.717, 1.165) is 109 Å². The molecule has 0 heterocycles. The minimum atomic E-state index is -4.94. The van der Waals surface area contributed by atoms with Crippen molar-refractivity contribution >= 4 is 39.5 Å². The largest absolute Gasteiger partial charge is 0.472 e. The summed E-state index contributed by atoms with van der Waals surface area (Å²) < 4.78 is 67.4. The molecule has 0 aromatic heterocycles. The van der Waals surface area contributed by atoms with E-state index in [1.807, 2.05) is 0 Å². The predicted octanol–water partition coefficient (Wildman–Crippen LogP) is 16.9. The number of ether oxygens (including phenoxy) is 4. The van der Waals surface area contributed by atoms with Crippen LogP contribution in [0.25, 0.3) is 0 Å². The second-order valence-electron chi connectivity index (χ2n) is 23.2. The maximum absolute atomic E-state index is 13.0. The predicted molar refractivity (Wildman–Crippen MR) is 321 cm³/mol. The SMILES string of the molecule is CCCCCCCC(=O)OC[C@H](COP(=O)(O)OC[C@H](O)COP(=O)(O)OC[C@@H](COC(=O)CCCCCCCCC(C)C)OC(=O)CCCCCCCCCCCCCCCCCCCCC(C)CC)OC(=O)CCCCCCC. The van der Waals surface area contributed by atoms with Crippen LogP contribution in [0.1, 0.15) is 305 Å². The van der Waals surface area contributed by atoms with Crippen LogP contribution in [0.15, 0.2) is 0 Å². The molecule has 0 aromatic carbocycles. The molecule has 0 spiro atoms. The van der Waals surface area contributed by atoms with Crippen molar-refractivity contribution in [3.05, 3.63) is 0 Å². The van der Waals surface area contributed by atoms with E-state index in [-0.39, 0.29) is 25.7 Å². The molecule has 3 unspecified atom stereocenters. The number of aliphatic hydroxyl groups is 1. The summed E-state index contributed by atoms with van der Waals surface area (Å²) in [7, 11) is -9.86. The molecule has 81 heavy (non-hydrogen) atoms. The average molecular weight is 1200 g/mol. The molecule has 480 valence electrons. The van der Waals surface area contributed by atoms with Gasteiger partial charge in [0.25, 0.3) is 0 Å². The van der Waals surface area contributed by atoms with Gasteiger partial charge in [-0.1, -0.05) is 253 Å². The number of phosphoric acid groups is 2. The zero-order chi connectivity index (χ0) is 60.1. The van der Waals surface area contributed by atoms with Gasteiger partial charge in [-0.25, -0.2) is 9.13 Å². The topological polar surface area (TPSA) is 237 Å². The van der Waals surface area contributed by atoms with Gasteiger partial charge in [-0.2, -0.15) is 0 Å². The van der Waals surface area contributed by atoms with E-state index >= 15 is 0 Å². The number of carbonyl (C=O) groups is 4. The Morgan fingerprint density at radius 3 is 0.938 bits per heavy atom. The molecule has 0 rings (SSSR count). The number of rotatable bonds is 61. The van der Waals surface area contributed by atoms with Crippen LogP contribution in [0.2, 0.25) is 0 Å². The quantitative estimate of drug-likeness (QED) is 0.0222. The van der Waals surface area contributed by atoms with E-state index in [0.29, 0.717) is 31.6 Å². The van der Waals surface area contributed by atoms with E-state index in [1.165, 1.54) is 109 Å². The smallest absolute Gasteiger partial charge is 0.462 e. The average Bonchev–Trinajstić information content (AvgIpc) is 3.44. The number of hydrogen-bond donors (Lipinski definition) is 3. The van der Waals surface area contributed by atoms with Gasteiger partial charge in [0.1, 0.15) is 19.3 Å². The second kappa shape index (κ2) is 54.7. The zero-order valence-electron chi connectivity index (χ0n) is 52.1. The highest BCUT2D eigenvalue weighted by molar-refractivity contribution is 7.47. The zero-order valence-corrected chi connectivity index (χ0v) is 53.9. The molecule has 0 aliphatic heterocycles. The van der Waals surface area contributed by atoms with Crippen molar-refractivity contribution in [2.45, 2.75) is 323 Å². The van der Waals surface area contributed by atoms with Crippen LogP contribution in [-0.4, -0.2) is 96.7 Å². The Morgan fingerprint density at radius 2 is 0.630 bits per heavy atom. The van der Waals surface area contributed by atoms with Crippen LogP contribution in [-0.2, 0) is 65.4 Å². The van der Waals surface area contributed by atoms with Gasteiger partial charge in [0.05, 0.1) is 26.4 Å². The summed E-state index contributed by atoms with van der Waals surface area (Å²) in [5, 5.41) is 10.5. The van der Waals surface area contributed by atoms with Crippen molar-refractivity contribution in [2.24, 2.45) is 11.8 Å². The summed E-state index contributed by atoms with van der Waals surface area (Å²) in [6.45, 7) is 9.27. The third-order valence-electron chi connectivity index (χ3n) is 14.6. The second-order valence-corrected chi connectivity index (χ2v) is 26.1. The summed E-state index contributed by atoms with van der Waals surface area (Å²) in [6, 6.07) is 0. The van der Waals surface area contributed by atoms with Crippen LogP contribution in [0, 0.1) is 11.8 Å². The lowest BCUT2D eigenvalue weighted by Crippen LogP contribution is -2.30. The van der Waals surface area contributed by atoms with Crippen LogP contribution in [0.5, 0.6) is 0 Å². The molecular weight excluding hydrogens is 1080 g/mol. The van der Waals surface area contributed by atoms with Gasteiger partial charge in [0.15, 0.2) is 12.2 Å². The van der Waals surface area contributed by atoms with Gasteiger partial charge in [0, 0.05) is 25.7 Å². The van der Waals surface area contributed by atoms with Gasteiger partial charge in [-0.05, 0) is 37.5 Å². The third kappa shape index (κ3) is 55.7. The van der Waals surface area contributed by atoms with E-state index < -0.39 is 97.5 Å². The van der Waals surface area contributed by atoms with Gasteiger partial charge < -0.3 is 33.8 Å². The highest BCUT2D eigenvalue weighted by Crippen LogP contribution is 2.45. The number of phosphoric ester groups is 2. The Balaban J connectivity index is 4.98. The Morgan fingerprint density at radius 1 is 0.358 bits per heavy atom. The molecule has 0 aromatic rings. The molecule has 19 heteroatoms. The minimum absolute atomic E-state index is 0.0985. The highest BCUT2D eigenvalue weighted by Gasteiger charge is 2.30. The van der Waals surface area contributed by atoms with Gasteiger partial charge >= 0.3 is 39.5 Å². The van der Waals surface area contributed by atoms with Crippen molar-refractivity contribution in [1.29, 1.82) is 0 Å². The lowest BCUT2D eigenvalue weighted by Gasteiger charge is -2.21. The van der Waals surface area contributed by atoms with Gasteiger partial charge in [0.2, 0.25) is 0 Å². The first kappa shape index (κ1) is 79.1. The molecule has 0 bridgehead atoms. The van der Waals surface area contributed by atoms with Crippen molar-refractivity contribution in [1.82, 2.24) is 0 Å². The normalized spacial score (nSPS) is 14.7. The van der Waals surface area contributed by atoms with E-state index in [4.69, 9.17) is 37.0 Å². The lowest BCUT2D eigenvalue weighted by atomic mass is 9.99. The molecule has 0 amide bonds. The first-order valence-corrected chi connectivity index (χ1v) is 35.5. The highest BCUT2D eigenvalue weighted by atomic mass is 31.2. The Bertz CT molecular complexity index is 1600. The van der Waals surface area contributed by atoms with Crippen molar-refractivity contribution in [3.8, 4) is 0 Å². The fourth-order valence-electron chi connectivity index (χ4n) is 9.15. The van der Waals surface area contributed by atoms with Gasteiger partial charge in [-0.15, -0.1) is 0 Å². The molecule has 0 aliphatic carbocycles. The molecule has 0 radical (unpaired) electrons. The monoisotopic (exact) mass is 1200 g/mol. The molecule has 3 N–H and O–H groups in total. The van der Waals surface area contributed by atoms with Crippen LogP contribution >= 0.6 is 15.6 Å². The van der Waals surface area contributed by atoms with E-state index in [9.17, 15) is 43.2 Å². The number of hydrogen-bond acceptors (Lipinski definition) is 15. The molecule has 0 fully saturated rings. The molecule has 0 saturated carbocycles. The summed E-state index contributed by atoms with van der Waals surface area (Å²) in [5.74, 6) is -0.612. The summed E-state index contributed by atoms with van der Waals surface area (Å²) in [4.78, 5) is 71.5. The first-order valence-electron chi connectivity index (χ1n) is 32.5. The van der Waals surface area contributed by atoms with Crippen molar-refractivity contribution in [3.63, 3.8) is 0 Å². The van der Waals surface area contributed by atoms with Crippen LogP contribution in [0.4, 0.5) is 0 Å². The summed E-state index contributed by atoms with van der Waals surface area (Å²) in [5.41, 5.74) is 0. The fraction of sp³-hybridized carbons (Fsp3) is 0.935. The fourth-order valence-corrected chi connectivity index (χ4v) is 10.7. The number of esters is 4. The maximum Gasteiger partial charge on any atom is 0.472 e. The van der Waals surface area contributed by atoms with Crippen LogP contribution in [0.3, 0.4) is 0 Å². The first-order chi connectivity index (χ1) is 38.9. The maximum atomic E-state index is 13.0. The minimum Gasteiger partial charge on any atom is -0.462 e. The van der Waals surface area contributed by atoms with E-state index in [2.05, 4.69) is 41.5 Å². The lowest BCUT2D eigenvalue weighted by molar-refractivity contribution is -0.161. The standard InChI is InChI=1S/C62H120O17P2/c1-7-10-12-30-38-44-59(64)72-50-57(78-61(66)46-40-31-13-11-8-2)52-76-80(68,69)74-48-56(63)49-75-81(70,71)77-53-58(51-73-60(65)45-39-34-29-28-32-36-42-54(4)5)79-62(67)47-41-35-27-25-23-21-19-17-15-14-16-18-20-22-24-26-33-37-43-55(6)9-3/h54-58,63H,7-53H2,1-6H3,(H,68,69)(H,70,71)/t55?,56-,57+,58+/m0/s1. The van der Waals surface area contributed by atoms with E-state index in [1.54, 1.807) is 0 Å². The summed E-state index contributed by atoms with van der Waals surface area (Å²) in [6.07, 6.45) is 37.3. The number of unbranched alkanes of at least 4 members (excludes halogenated alkanes) is 30. The third-order valence-corrected chi connectivity index (χ3v) is 16.5. The number of aliphatic hydroxyl groups excluding tert-OH is 1. The molecule has 6 atom stereocenters.